The Hall–Kier alpha value is -3.67. The first-order valence-corrected chi connectivity index (χ1v) is 9.09. The van der Waals surface area contributed by atoms with Crippen molar-refractivity contribution in [2.24, 2.45) is 0 Å². The van der Waals surface area contributed by atoms with E-state index in [4.69, 9.17) is 4.74 Å². The average molecular weight is 371 g/mol. The number of rotatable bonds is 7. The molecule has 0 aliphatic rings. The molecular weight excluding hydrogens is 350 g/mol. The van der Waals surface area contributed by atoms with E-state index < -0.39 is 0 Å². The van der Waals surface area contributed by atoms with Crippen LogP contribution in [0.5, 0.6) is 5.75 Å². The lowest BCUT2D eigenvalue weighted by Gasteiger charge is -2.24. The summed E-state index contributed by atoms with van der Waals surface area (Å²) in [4.78, 5) is 2.25. The van der Waals surface area contributed by atoms with Crippen molar-refractivity contribution in [3.8, 4) is 11.4 Å². The van der Waals surface area contributed by atoms with Crippen molar-refractivity contribution in [2.45, 2.75) is 13.1 Å². The molecule has 0 amide bonds. The van der Waals surface area contributed by atoms with Crippen molar-refractivity contribution in [3.05, 3.63) is 96.3 Å². The van der Waals surface area contributed by atoms with Crippen LogP contribution in [-0.2, 0) is 13.1 Å². The van der Waals surface area contributed by atoms with Gasteiger partial charge in [0.2, 0.25) is 0 Å². The first-order valence-electron chi connectivity index (χ1n) is 9.09. The minimum absolute atomic E-state index is 0.573. The Bertz CT molecular complexity index is 1000. The van der Waals surface area contributed by atoms with E-state index in [1.807, 2.05) is 48.5 Å². The van der Waals surface area contributed by atoms with E-state index in [2.05, 4.69) is 56.8 Å². The summed E-state index contributed by atoms with van der Waals surface area (Å²) < 4.78 is 7.07. The van der Waals surface area contributed by atoms with Crippen LogP contribution in [0.4, 0.5) is 5.69 Å². The summed E-state index contributed by atoms with van der Waals surface area (Å²) in [5, 5.41) is 12.3. The highest BCUT2D eigenvalue weighted by Crippen LogP contribution is 2.23. The van der Waals surface area contributed by atoms with E-state index >= 15 is 0 Å². The standard InChI is InChI=1S/C22H21N5O/c1-28-21-14-12-19(13-15-21)26(16-18-8-4-2-5-9-18)17-22-23-24-25-27(22)20-10-6-3-7-11-20/h2-15H,16-17H2,1H3. The third-order valence-electron chi connectivity index (χ3n) is 4.52. The SMILES string of the molecule is COc1ccc(N(Cc2ccccc2)Cc2nnnn2-c2ccccc2)cc1. The molecule has 0 atom stereocenters. The highest BCUT2D eigenvalue weighted by Gasteiger charge is 2.15. The van der Waals surface area contributed by atoms with Gasteiger partial charge in [-0.05, 0) is 52.4 Å². The molecule has 0 aliphatic heterocycles. The van der Waals surface area contributed by atoms with Gasteiger partial charge in [-0.1, -0.05) is 48.5 Å². The number of anilines is 1. The third-order valence-corrected chi connectivity index (χ3v) is 4.52. The largest absolute Gasteiger partial charge is 0.497 e. The highest BCUT2D eigenvalue weighted by atomic mass is 16.5. The van der Waals surface area contributed by atoms with E-state index in [1.54, 1.807) is 11.8 Å². The molecule has 0 aliphatic carbocycles. The number of hydrogen-bond acceptors (Lipinski definition) is 5. The number of nitrogens with zero attached hydrogens (tertiary/aromatic N) is 5. The minimum Gasteiger partial charge on any atom is -0.497 e. The van der Waals surface area contributed by atoms with E-state index in [9.17, 15) is 0 Å². The molecule has 0 saturated carbocycles. The van der Waals surface area contributed by atoms with Crippen molar-refractivity contribution in [3.63, 3.8) is 0 Å². The van der Waals surface area contributed by atoms with Crippen LogP contribution in [0, 0.1) is 0 Å². The van der Waals surface area contributed by atoms with Crippen molar-refractivity contribution < 1.29 is 4.74 Å². The Morgan fingerprint density at radius 2 is 1.50 bits per heavy atom. The fourth-order valence-electron chi connectivity index (χ4n) is 3.08. The Balaban J connectivity index is 1.65. The Kier molecular flexibility index (Phi) is 5.29. The number of hydrogen-bond donors (Lipinski definition) is 0. The van der Waals surface area contributed by atoms with E-state index in [1.165, 1.54) is 5.56 Å². The zero-order valence-electron chi connectivity index (χ0n) is 15.6. The first-order chi connectivity index (χ1) is 13.8. The van der Waals surface area contributed by atoms with Gasteiger partial charge in [0.05, 0.1) is 19.3 Å². The van der Waals surface area contributed by atoms with Gasteiger partial charge in [-0.15, -0.1) is 5.10 Å². The van der Waals surface area contributed by atoms with Gasteiger partial charge in [0, 0.05) is 12.2 Å². The van der Waals surface area contributed by atoms with Crippen LogP contribution in [0.2, 0.25) is 0 Å². The van der Waals surface area contributed by atoms with Crippen molar-refractivity contribution in [1.29, 1.82) is 0 Å². The maximum atomic E-state index is 5.30. The lowest BCUT2D eigenvalue weighted by Crippen LogP contribution is -2.24. The van der Waals surface area contributed by atoms with Gasteiger partial charge < -0.3 is 9.64 Å². The predicted molar refractivity (Wildman–Crippen MR) is 108 cm³/mol. The van der Waals surface area contributed by atoms with E-state index in [0.717, 1.165) is 29.5 Å². The molecule has 1 heterocycles. The predicted octanol–water partition coefficient (Wildman–Crippen LogP) is 3.88. The molecule has 0 fully saturated rings. The number of tetrazole rings is 1. The Morgan fingerprint density at radius 3 is 2.18 bits per heavy atom. The molecule has 0 spiro atoms. The monoisotopic (exact) mass is 371 g/mol. The average Bonchev–Trinajstić information content (AvgIpc) is 3.23. The lowest BCUT2D eigenvalue weighted by atomic mass is 10.2. The number of methoxy groups -OCH3 is 1. The smallest absolute Gasteiger partial charge is 0.175 e. The van der Waals surface area contributed by atoms with Gasteiger partial charge in [0.15, 0.2) is 5.82 Å². The zero-order chi connectivity index (χ0) is 19.2. The van der Waals surface area contributed by atoms with Gasteiger partial charge in [0.1, 0.15) is 5.75 Å². The van der Waals surface area contributed by atoms with E-state index in [-0.39, 0.29) is 0 Å². The molecule has 0 saturated heterocycles. The number of aromatic nitrogens is 4. The molecular formula is C22H21N5O. The van der Waals surface area contributed by atoms with Crippen molar-refractivity contribution >= 4 is 5.69 Å². The second-order valence-electron chi connectivity index (χ2n) is 6.38. The summed E-state index contributed by atoms with van der Waals surface area (Å²) in [6.07, 6.45) is 0. The molecule has 0 bridgehead atoms. The molecule has 6 heteroatoms. The fraction of sp³-hybridized carbons (Fsp3) is 0.136. The van der Waals surface area contributed by atoms with Crippen LogP contribution in [-0.4, -0.2) is 27.3 Å². The van der Waals surface area contributed by atoms with Crippen LogP contribution >= 0.6 is 0 Å². The molecule has 3 aromatic carbocycles. The van der Waals surface area contributed by atoms with Crippen LogP contribution < -0.4 is 9.64 Å². The molecule has 4 rings (SSSR count). The summed E-state index contributed by atoms with van der Waals surface area (Å²) in [6.45, 7) is 1.32. The zero-order valence-corrected chi connectivity index (χ0v) is 15.6. The lowest BCUT2D eigenvalue weighted by molar-refractivity contribution is 0.415. The quantitative estimate of drug-likeness (QED) is 0.493. The summed E-state index contributed by atoms with van der Waals surface area (Å²) >= 11 is 0. The minimum atomic E-state index is 0.573. The van der Waals surface area contributed by atoms with Crippen LogP contribution in [0.1, 0.15) is 11.4 Å². The summed E-state index contributed by atoms with van der Waals surface area (Å²) in [6, 6.07) is 28.3. The number of benzene rings is 3. The van der Waals surface area contributed by atoms with E-state index in [0.29, 0.717) is 6.54 Å². The fourth-order valence-corrected chi connectivity index (χ4v) is 3.08. The molecule has 4 aromatic rings. The van der Waals surface area contributed by atoms with Crippen LogP contribution in [0.15, 0.2) is 84.9 Å². The third kappa shape index (κ3) is 4.01. The normalized spacial score (nSPS) is 10.6. The summed E-state index contributed by atoms with van der Waals surface area (Å²) in [5.74, 6) is 1.61. The van der Waals surface area contributed by atoms with Gasteiger partial charge in [-0.2, -0.15) is 4.68 Å². The Labute approximate surface area is 164 Å². The topological polar surface area (TPSA) is 56.1 Å². The molecule has 1 aromatic heterocycles. The van der Waals surface area contributed by atoms with Gasteiger partial charge in [0.25, 0.3) is 0 Å². The van der Waals surface area contributed by atoms with Gasteiger partial charge >= 0.3 is 0 Å². The second-order valence-corrected chi connectivity index (χ2v) is 6.38. The Morgan fingerprint density at radius 1 is 0.821 bits per heavy atom. The summed E-state index contributed by atoms with van der Waals surface area (Å²) in [5.41, 5.74) is 3.24. The van der Waals surface area contributed by atoms with Crippen molar-refractivity contribution in [2.75, 3.05) is 12.0 Å². The van der Waals surface area contributed by atoms with Crippen molar-refractivity contribution in [1.82, 2.24) is 20.2 Å². The summed E-state index contributed by atoms with van der Waals surface area (Å²) in [7, 11) is 1.67. The second kappa shape index (κ2) is 8.35. The molecule has 6 nitrogen and oxygen atoms in total. The molecule has 0 unspecified atom stereocenters. The number of para-hydroxylation sites is 1. The number of ether oxygens (including phenoxy) is 1. The maximum Gasteiger partial charge on any atom is 0.175 e. The van der Waals surface area contributed by atoms with Gasteiger partial charge in [-0.25, -0.2) is 0 Å². The molecule has 0 N–H and O–H groups in total. The highest BCUT2D eigenvalue weighted by molar-refractivity contribution is 5.50. The molecule has 140 valence electrons. The molecule has 28 heavy (non-hydrogen) atoms. The molecule has 0 radical (unpaired) electrons. The maximum absolute atomic E-state index is 5.30. The van der Waals surface area contributed by atoms with Crippen LogP contribution in [0.3, 0.4) is 0 Å². The van der Waals surface area contributed by atoms with Gasteiger partial charge in [-0.3, -0.25) is 0 Å². The van der Waals surface area contributed by atoms with Crippen LogP contribution in [0.25, 0.3) is 5.69 Å². The first kappa shape index (κ1) is 17.7.